The molecule has 0 aliphatic carbocycles. The molecule has 1 unspecified atom stereocenters. The SMILES string of the molecule is CN(Cc1nccn1C(F)F)CC1CCCOC1. The van der Waals surface area contributed by atoms with Gasteiger partial charge in [-0.15, -0.1) is 0 Å². The van der Waals surface area contributed by atoms with Crippen molar-refractivity contribution in [1.29, 1.82) is 0 Å². The van der Waals surface area contributed by atoms with Crippen LogP contribution in [0, 0.1) is 5.92 Å². The molecule has 1 aromatic rings. The summed E-state index contributed by atoms with van der Waals surface area (Å²) < 4.78 is 31.6. The van der Waals surface area contributed by atoms with Gasteiger partial charge in [0.15, 0.2) is 0 Å². The summed E-state index contributed by atoms with van der Waals surface area (Å²) in [5.74, 6) is 0.906. The summed E-state index contributed by atoms with van der Waals surface area (Å²) in [5, 5.41) is 0. The molecule has 0 radical (unpaired) electrons. The van der Waals surface area contributed by atoms with E-state index in [0.29, 0.717) is 18.3 Å². The highest BCUT2D eigenvalue weighted by Gasteiger charge is 2.18. The monoisotopic (exact) mass is 259 g/mol. The van der Waals surface area contributed by atoms with Crippen LogP contribution in [0.4, 0.5) is 8.78 Å². The van der Waals surface area contributed by atoms with Crippen LogP contribution in [0.25, 0.3) is 0 Å². The molecule has 1 saturated heterocycles. The summed E-state index contributed by atoms with van der Waals surface area (Å²) in [6.07, 6.45) is 4.97. The predicted molar refractivity (Wildman–Crippen MR) is 63.4 cm³/mol. The fourth-order valence-corrected chi connectivity index (χ4v) is 2.34. The molecule has 0 amide bonds. The molecule has 0 saturated carbocycles. The molecule has 1 fully saturated rings. The minimum Gasteiger partial charge on any atom is -0.381 e. The van der Waals surface area contributed by atoms with Gasteiger partial charge in [-0.1, -0.05) is 0 Å². The van der Waals surface area contributed by atoms with Crippen molar-refractivity contribution in [2.45, 2.75) is 25.9 Å². The zero-order chi connectivity index (χ0) is 13.0. The zero-order valence-corrected chi connectivity index (χ0v) is 10.6. The minimum atomic E-state index is -2.52. The number of nitrogens with zero attached hydrogens (tertiary/aromatic N) is 3. The van der Waals surface area contributed by atoms with Gasteiger partial charge in [0.2, 0.25) is 0 Å². The van der Waals surface area contributed by atoms with Crippen molar-refractivity contribution in [2.24, 2.45) is 5.92 Å². The second kappa shape index (κ2) is 6.24. The fourth-order valence-electron chi connectivity index (χ4n) is 2.34. The largest absolute Gasteiger partial charge is 0.381 e. The van der Waals surface area contributed by atoms with Crippen LogP contribution in [0.3, 0.4) is 0 Å². The number of rotatable bonds is 5. The van der Waals surface area contributed by atoms with Crippen LogP contribution < -0.4 is 0 Å². The van der Waals surface area contributed by atoms with Gasteiger partial charge in [0.1, 0.15) is 5.82 Å². The quantitative estimate of drug-likeness (QED) is 0.811. The van der Waals surface area contributed by atoms with E-state index in [1.807, 2.05) is 11.9 Å². The van der Waals surface area contributed by atoms with E-state index in [4.69, 9.17) is 4.74 Å². The topological polar surface area (TPSA) is 30.3 Å². The van der Waals surface area contributed by atoms with Gasteiger partial charge in [0, 0.05) is 25.5 Å². The number of hydrogen-bond donors (Lipinski definition) is 0. The zero-order valence-electron chi connectivity index (χ0n) is 10.6. The van der Waals surface area contributed by atoms with E-state index in [-0.39, 0.29) is 0 Å². The Bertz CT molecular complexity index is 364. The lowest BCUT2D eigenvalue weighted by Crippen LogP contribution is -2.31. The smallest absolute Gasteiger partial charge is 0.319 e. The summed E-state index contributed by atoms with van der Waals surface area (Å²) in [6.45, 7) is 0.391. The van der Waals surface area contributed by atoms with E-state index in [2.05, 4.69) is 4.98 Å². The van der Waals surface area contributed by atoms with Crippen LogP contribution in [0.15, 0.2) is 12.4 Å². The van der Waals surface area contributed by atoms with Gasteiger partial charge in [-0.2, -0.15) is 8.78 Å². The summed E-state index contributed by atoms with van der Waals surface area (Å²) in [5.41, 5.74) is 0. The Hall–Kier alpha value is -1.01. The maximum atomic E-state index is 12.7. The maximum absolute atomic E-state index is 12.7. The third kappa shape index (κ3) is 3.49. The van der Waals surface area contributed by atoms with Gasteiger partial charge in [-0.05, 0) is 25.8 Å². The molecule has 102 valence electrons. The van der Waals surface area contributed by atoms with Crippen molar-refractivity contribution in [3.63, 3.8) is 0 Å². The van der Waals surface area contributed by atoms with Crippen molar-refractivity contribution in [3.8, 4) is 0 Å². The summed E-state index contributed by atoms with van der Waals surface area (Å²) in [4.78, 5) is 6.01. The molecule has 0 spiro atoms. The van der Waals surface area contributed by atoms with E-state index in [9.17, 15) is 8.78 Å². The molecule has 0 N–H and O–H groups in total. The van der Waals surface area contributed by atoms with E-state index in [1.54, 1.807) is 0 Å². The first-order valence-electron chi connectivity index (χ1n) is 6.23. The number of ether oxygens (including phenoxy) is 1. The highest BCUT2D eigenvalue weighted by molar-refractivity contribution is 4.92. The molecule has 2 rings (SSSR count). The Morgan fingerprint density at radius 1 is 1.61 bits per heavy atom. The van der Waals surface area contributed by atoms with E-state index in [1.165, 1.54) is 12.4 Å². The fraction of sp³-hybridized carbons (Fsp3) is 0.750. The maximum Gasteiger partial charge on any atom is 0.319 e. The minimum absolute atomic E-state index is 0.407. The van der Waals surface area contributed by atoms with E-state index >= 15 is 0 Å². The molecule has 18 heavy (non-hydrogen) atoms. The molecular weight excluding hydrogens is 240 g/mol. The summed E-state index contributed by atoms with van der Waals surface area (Å²) in [7, 11) is 1.93. The van der Waals surface area contributed by atoms with Crippen molar-refractivity contribution >= 4 is 0 Å². The normalized spacial score (nSPS) is 20.8. The summed E-state index contributed by atoms with van der Waals surface area (Å²) >= 11 is 0. The van der Waals surface area contributed by atoms with Gasteiger partial charge in [0.05, 0.1) is 13.2 Å². The van der Waals surface area contributed by atoms with Crippen molar-refractivity contribution in [3.05, 3.63) is 18.2 Å². The third-order valence-corrected chi connectivity index (χ3v) is 3.19. The van der Waals surface area contributed by atoms with E-state index < -0.39 is 6.55 Å². The Morgan fingerprint density at radius 2 is 2.44 bits per heavy atom. The van der Waals surface area contributed by atoms with Crippen molar-refractivity contribution in [2.75, 3.05) is 26.8 Å². The Labute approximate surface area is 106 Å². The van der Waals surface area contributed by atoms with Gasteiger partial charge in [0.25, 0.3) is 0 Å². The van der Waals surface area contributed by atoms with Crippen LogP contribution in [0.2, 0.25) is 0 Å². The Kier molecular flexibility index (Phi) is 4.66. The van der Waals surface area contributed by atoms with Gasteiger partial charge in [-0.3, -0.25) is 9.47 Å². The first kappa shape index (κ1) is 13.4. The van der Waals surface area contributed by atoms with E-state index in [0.717, 1.165) is 37.2 Å². The van der Waals surface area contributed by atoms with Crippen LogP contribution in [0.1, 0.15) is 25.2 Å². The number of halogens is 2. The van der Waals surface area contributed by atoms with Crippen molar-refractivity contribution in [1.82, 2.24) is 14.5 Å². The summed E-state index contributed by atoms with van der Waals surface area (Å²) in [6, 6.07) is 0. The molecule has 1 aromatic heterocycles. The standard InChI is InChI=1S/C12H19F2N3O/c1-16(7-10-3-2-6-18-9-10)8-11-15-4-5-17(11)12(13)14/h4-5,10,12H,2-3,6-9H2,1H3. The Morgan fingerprint density at radius 3 is 3.11 bits per heavy atom. The second-order valence-electron chi connectivity index (χ2n) is 4.81. The third-order valence-electron chi connectivity index (χ3n) is 3.19. The van der Waals surface area contributed by atoms with Gasteiger partial charge < -0.3 is 4.74 Å². The Balaban J connectivity index is 1.86. The molecule has 1 aliphatic rings. The first-order chi connectivity index (χ1) is 8.66. The van der Waals surface area contributed by atoms with Crippen LogP contribution in [0.5, 0.6) is 0 Å². The molecule has 4 nitrogen and oxygen atoms in total. The first-order valence-corrected chi connectivity index (χ1v) is 6.23. The average molecular weight is 259 g/mol. The average Bonchev–Trinajstić information content (AvgIpc) is 2.78. The number of alkyl halides is 2. The number of imidazole rings is 1. The second-order valence-corrected chi connectivity index (χ2v) is 4.81. The molecule has 2 heterocycles. The lowest BCUT2D eigenvalue weighted by atomic mass is 10.0. The van der Waals surface area contributed by atoms with Crippen LogP contribution in [-0.2, 0) is 11.3 Å². The molecular formula is C12H19F2N3O. The van der Waals surface area contributed by atoms with Crippen molar-refractivity contribution < 1.29 is 13.5 Å². The van der Waals surface area contributed by atoms with Crippen LogP contribution in [-0.4, -0.2) is 41.3 Å². The highest BCUT2D eigenvalue weighted by atomic mass is 19.3. The van der Waals surface area contributed by atoms with Gasteiger partial charge in [-0.25, -0.2) is 4.98 Å². The lowest BCUT2D eigenvalue weighted by Gasteiger charge is -2.26. The molecule has 1 atom stereocenters. The van der Waals surface area contributed by atoms with Gasteiger partial charge >= 0.3 is 6.55 Å². The molecule has 0 aromatic carbocycles. The molecule has 1 aliphatic heterocycles. The lowest BCUT2D eigenvalue weighted by molar-refractivity contribution is 0.0384. The molecule has 6 heteroatoms. The van der Waals surface area contributed by atoms with Crippen LogP contribution >= 0.6 is 0 Å². The highest BCUT2D eigenvalue weighted by Crippen LogP contribution is 2.17. The number of hydrogen-bond acceptors (Lipinski definition) is 3. The molecule has 0 bridgehead atoms. The predicted octanol–water partition coefficient (Wildman–Crippen LogP) is 2.14. The number of aromatic nitrogens is 2.